The van der Waals surface area contributed by atoms with Gasteiger partial charge in [-0.3, -0.25) is 4.79 Å². The molecule has 1 amide bonds. The van der Waals surface area contributed by atoms with Gasteiger partial charge in [-0.25, -0.2) is 9.48 Å². The molecule has 1 saturated carbocycles. The summed E-state index contributed by atoms with van der Waals surface area (Å²) in [6.07, 6.45) is 4.85. The lowest BCUT2D eigenvalue weighted by molar-refractivity contribution is 0.0661. The van der Waals surface area contributed by atoms with Gasteiger partial charge in [0.15, 0.2) is 0 Å². The number of benzene rings is 1. The van der Waals surface area contributed by atoms with Gasteiger partial charge in [0, 0.05) is 18.0 Å². The largest absolute Gasteiger partial charge is 0.478 e. The number of hydrogen-bond donors (Lipinski definition) is 3. The zero-order chi connectivity index (χ0) is 18.7. The molecule has 1 fully saturated rings. The second kappa shape index (κ2) is 7.70. The first-order valence-electron chi connectivity index (χ1n) is 8.82. The molecule has 0 saturated heterocycles. The Labute approximate surface area is 151 Å². The van der Waals surface area contributed by atoms with Gasteiger partial charge < -0.3 is 15.5 Å². The molecule has 0 aliphatic heterocycles. The molecule has 1 aromatic heterocycles. The van der Waals surface area contributed by atoms with Crippen molar-refractivity contribution in [2.75, 3.05) is 6.54 Å². The number of nitrogens with one attached hydrogen (secondary N) is 1. The molecule has 138 valence electrons. The molecule has 3 N–H and O–H groups in total. The van der Waals surface area contributed by atoms with Crippen LogP contribution in [-0.2, 0) is 0 Å². The number of carboxylic acid groups (broad SMARTS) is 1. The van der Waals surface area contributed by atoms with Crippen molar-refractivity contribution in [2.24, 2.45) is 5.92 Å². The molecule has 1 aliphatic rings. The first-order chi connectivity index (χ1) is 12.5. The minimum absolute atomic E-state index is 0.119. The van der Waals surface area contributed by atoms with Crippen LogP contribution in [0.4, 0.5) is 0 Å². The van der Waals surface area contributed by atoms with Crippen molar-refractivity contribution in [1.29, 1.82) is 0 Å². The zero-order valence-corrected chi connectivity index (χ0v) is 14.7. The number of nitrogens with zero attached hydrogens (tertiary/aromatic N) is 2. The fourth-order valence-corrected chi connectivity index (χ4v) is 3.39. The quantitative estimate of drug-likeness (QED) is 0.761. The summed E-state index contributed by atoms with van der Waals surface area (Å²) >= 11 is 0. The van der Waals surface area contributed by atoms with Crippen molar-refractivity contribution in [1.82, 2.24) is 15.1 Å². The second-order valence-electron chi connectivity index (χ2n) is 6.73. The van der Waals surface area contributed by atoms with E-state index in [1.165, 1.54) is 10.9 Å². The maximum Gasteiger partial charge on any atom is 0.339 e. The molecule has 1 aromatic carbocycles. The molecule has 0 bridgehead atoms. The summed E-state index contributed by atoms with van der Waals surface area (Å²) < 4.78 is 1.53. The van der Waals surface area contributed by atoms with E-state index in [0.717, 1.165) is 25.7 Å². The standard InChI is InChI=1S/C19H23N3O4/c1-12-16(19(25)26)11-21-22(12)15-8-6-13(7-9-15)18(24)20-10-14-4-2-3-5-17(14)23/h6-9,11,14,17,23H,2-5,10H2,1H3,(H,20,24)(H,25,26). The number of aromatic carboxylic acids is 1. The lowest BCUT2D eigenvalue weighted by Crippen LogP contribution is -2.36. The highest BCUT2D eigenvalue weighted by Crippen LogP contribution is 2.23. The number of carbonyl (C=O) groups excluding carboxylic acids is 1. The topological polar surface area (TPSA) is 104 Å². The van der Waals surface area contributed by atoms with Crippen LogP contribution >= 0.6 is 0 Å². The highest BCUT2D eigenvalue weighted by molar-refractivity contribution is 5.94. The molecule has 3 rings (SSSR count). The Morgan fingerprint density at radius 3 is 2.54 bits per heavy atom. The monoisotopic (exact) mass is 357 g/mol. The molecule has 2 unspecified atom stereocenters. The summed E-state index contributed by atoms with van der Waals surface area (Å²) in [5.74, 6) is -1.08. The SMILES string of the molecule is Cc1c(C(=O)O)cnn1-c1ccc(C(=O)NCC2CCCCC2O)cc1. The van der Waals surface area contributed by atoms with Gasteiger partial charge in [0.2, 0.25) is 0 Å². The van der Waals surface area contributed by atoms with Gasteiger partial charge >= 0.3 is 5.97 Å². The summed E-state index contributed by atoms with van der Waals surface area (Å²) in [5, 5.41) is 26.1. The molecule has 0 spiro atoms. The summed E-state index contributed by atoms with van der Waals surface area (Å²) in [6.45, 7) is 2.16. The van der Waals surface area contributed by atoms with Gasteiger partial charge in [0.25, 0.3) is 5.91 Å². The summed E-state index contributed by atoms with van der Waals surface area (Å²) in [4.78, 5) is 23.4. The second-order valence-corrected chi connectivity index (χ2v) is 6.73. The Hall–Kier alpha value is -2.67. The highest BCUT2D eigenvalue weighted by Gasteiger charge is 2.23. The Bertz CT molecular complexity index is 798. The van der Waals surface area contributed by atoms with E-state index >= 15 is 0 Å². The number of amides is 1. The molecular weight excluding hydrogens is 334 g/mol. The fraction of sp³-hybridized carbons (Fsp3) is 0.421. The molecule has 1 heterocycles. The zero-order valence-electron chi connectivity index (χ0n) is 14.7. The Morgan fingerprint density at radius 1 is 1.23 bits per heavy atom. The van der Waals surface area contributed by atoms with Gasteiger partial charge in [0.1, 0.15) is 5.56 Å². The van der Waals surface area contributed by atoms with E-state index < -0.39 is 5.97 Å². The van der Waals surface area contributed by atoms with Crippen LogP contribution in [0.3, 0.4) is 0 Å². The molecule has 2 atom stereocenters. The predicted molar refractivity (Wildman–Crippen MR) is 95.6 cm³/mol. The Kier molecular flexibility index (Phi) is 5.37. The summed E-state index contributed by atoms with van der Waals surface area (Å²) in [6, 6.07) is 6.83. The molecular formula is C19H23N3O4. The van der Waals surface area contributed by atoms with E-state index in [9.17, 15) is 14.7 Å². The van der Waals surface area contributed by atoms with Gasteiger partial charge in [-0.2, -0.15) is 5.10 Å². The van der Waals surface area contributed by atoms with Crippen LogP contribution in [0.2, 0.25) is 0 Å². The van der Waals surface area contributed by atoms with Crippen LogP contribution in [-0.4, -0.2) is 44.5 Å². The summed E-state index contributed by atoms with van der Waals surface area (Å²) in [5.41, 5.74) is 1.88. The lowest BCUT2D eigenvalue weighted by Gasteiger charge is -2.27. The first-order valence-corrected chi connectivity index (χ1v) is 8.82. The average molecular weight is 357 g/mol. The fourth-order valence-electron chi connectivity index (χ4n) is 3.39. The molecule has 0 radical (unpaired) electrons. The number of rotatable bonds is 5. The van der Waals surface area contributed by atoms with Crippen molar-refractivity contribution in [3.63, 3.8) is 0 Å². The van der Waals surface area contributed by atoms with Crippen LogP contribution in [0.15, 0.2) is 30.5 Å². The molecule has 1 aliphatic carbocycles. The number of aromatic nitrogens is 2. The predicted octanol–water partition coefficient (Wildman–Crippen LogP) is 2.16. The third-order valence-corrected chi connectivity index (χ3v) is 5.01. The van der Waals surface area contributed by atoms with E-state index in [1.807, 2.05) is 0 Å². The maximum atomic E-state index is 12.3. The van der Waals surface area contributed by atoms with Crippen LogP contribution < -0.4 is 5.32 Å². The third-order valence-electron chi connectivity index (χ3n) is 5.01. The molecule has 26 heavy (non-hydrogen) atoms. The molecule has 7 heteroatoms. The van der Waals surface area contributed by atoms with Crippen LogP contribution in [0.25, 0.3) is 5.69 Å². The van der Waals surface area contributed by atoms with Gasteiger partial charge in [-0.1, -0.05) is 12.8 Å². The van der Waals surface area contributed by atoms with Crippen LogP contribution in [0.1, 0.15) is 52.1 Å². The van der Waals surface area contributed by atoms with E-state index in [2.05, 4.69) is 10.4 Å². The van der Waals surface area contributed by atoms with E-state index in [-0.39, 0.29) is 23.5 Å². The van der Waals surface area contributed by atoms with E-state index in [0.29, 0.717) is 23.5 Å². The van der Waals surface area contributed by atoms with Crippen molar-refractivity contribution in [3.05, 3.63) is 47.3 Å². The van der Waals surface area contributed by atoms with Gasteiger partial charge in [-0.05, 0) is 44.0 Å². The number of carbonyl (C=O) groups is 2. The van der Waals surface area contributed by atoms with Crippen molar-refractivity contribution in [2.45, 2.75) is 38.7 Å². The van der Waals surface area contributed by atoms with Crippen molar-refractivity contribution in [3.8, 4) is 5.69 Å². The number of aliphatic hydroxyl groups is 1. The highest BCUT2D eigenvalue weighted by atomic mass is 16.4. The Morgan fingerprint density at radius 2 is 1.92 bits per heavy atom. The Balaban J connectivity index is 1.65. The van der Waals surface area contributed by atoms with Gasteiger partial charge in [0.05, 0.1) is 23.7 Å². The third kappa shape index (κ3) is 3.77. The number of carboxylic acids is 1. The maximum absolute atomic E-state index is 12.3. The lowest BCUT2D eigenvalue weighted by atomic mass is 9.86. The number of hydrogen-bond acceptors (Lipinski definition) is 4. The van der Waals surface area contributed by atoms with Crippen LogP contribution in [0.5, 0.6) is 0 Å². The van der Waals surface area contributed by atoms with E-state index in [4.69, 9.17) is 5.11 Å². The van der Waals surface area contributed by atoms with Gasteiger partial charge in [-0.15, -0.1) is 0 Å². The molecule has 2 aromatic rings. The number of aliphatic hydroxyl groups excluding tert-OH is 1. The van der Waals surface area contributed by atoms with E-state index in [1.54, 1.807) is 31.2 Å². The van der Waals surface area contributed by atoms with Crippen molar-refractivity contribution < 1.29 is 19.8 Å². The smallest absolute Gasteiger partial charge is 0.339 e. The average Bonchev–Trinajstić information content (AvgIpc) is 3.02. The summed E-state index contributed by atoms with van der Waals surface area (Å²) in [7, 11) is 0. The minimum Gasteiger partial charge on any atom is -0.478 e. The van der Waals surface area contributed by atoms with Crippen molar-refractivity contribution >= 4 is 11.9 Å². The minimum atomic E-state index is -1.02. The molecule has 7 nitrogen and oxygen atoms in total. The normalized spacial score (nSPS) is 19.9. The first kappa shape index (κ1) is 18.1. The van der Waals surface area contributed by atoms with Crippen LogP contribution in [0, 0.1) is 12.8 Å².